The fourth-order valence-corrected chi connectivity index (χ4v) is 3.67. The Morgan fingerprint density at radius 1 is 1.17 bits per heavy atom. The van der Waals surface area contributed by atoms with Crippen LogP contribution >= 0.6 is 0 Å². The van der Waals surface area contributed by atoms with Crippen molar-refractivity contribution >= 4 is 29.0 Å². The summed E-state index contributed by atoms with van der Waals surface area (Å²) in [5.41, 5.74) is 5.64. The summed E-state index contributed by atoms with van der Waals surface area (Å²) in [6.45, 7) is 2.60. The van der Waals surface area contributed by atoms with E-state index in [0.29, 0.717) is 24.7 Å². The minimum atomic E-state index is -0.239. The highest BCUT2D eigenvalue weighted by Gasteiger charge is 2.19. The fraction of sp³-hybridized carbons (Fsp3) is 0.238. The van der Waals surface area contributed by atoms with Crippen LogP contribution in [0, 0.1) is 6.92 Å². The molecule has 2 N–H and O–H groups in total. The Balaban J connectivity index is 1.69. The molecule has 1 amide bonds. The number of fused-ring (bicyclic) bond motifs is 4. The van der Waals surface area contributed by atoms with Crippen molar-refractivity contribution in [2.45, 2.75) is 6.92 Å². The van der Waals surface area contributed by atoms with Crippen molar-refractivity contribution in [3.63, 3.8) is 0 Å². The lowest BCUT2D eigenvalue weighted by Gasteiger charge is -2.10. The van der Waals surface area contributed by atoms with Gasteiger partial charge in [0.2, 0.25) is 5.88 Å². The first-order valence-electron chi connectivity index (χ1n) is 9.66. The van der Waals surface area contributed by atoms with Gasteiger partial charge in [-0.15, -0.1) is 0 Å². The second-order valence-corrected chi connectivity index (χ2v) is 7.27. The third kappa shape index (κ3) is 2.86. The number of carbonyl (C=O) groups excluding carboxylic acids is 1. The average molecular weight is 403 g/mol. The van der Waals surface area contributed by atoms with Crippen LogP contribution in [0.1, 0.15) is 27.4 Å². The predicted octanol–water partition coefficient (Wildman–Crippen LogP) is 2.30. The largest absolute Gasteiger partial charge is 0.476 e. The Morgan fingerprint density at radius 3 is 2.90 bits per heavy atom. The molecule has 30 heavy (non-hydrogen) atoms. The Kier molecular flexibility index (Phi) is 4.16. The van der Waals surface area contributed by atoms with Crippen LogP contribution in [0.25, 0.3) is 34.2 Å². The molecule has 152 valence electrons. The molecule has 1 aliphatic heterocycles. The normalized spacial score (nSPS) is 15.1. The zero-order chi connectivity index (χ0) is 20.8. The SMILES string of the molecule is Cc1c2c(nn1C)C(=O)NCCOc1c(cnn1C)-c1ccc3n[nH]c(c3c1)/C=C/2. The van der Waals surface area contributed by atoms with E-state index in [2.05, 4.69) is 31.8 Å². The molecule has 3 aromatic heterocycles. The molecule has 5 rings (SSSR count). The van der Waals surface area contributed by atoms with E-state index in [1.54, 1.807) is 15.6 Å². The number of benzene rings is 1. The van der Waals surface area contributed by atoms with Crippen LogP contribution in [0.3, 0.4) is 0 Å². The van der Waals surface area contributed by atoms with E-state index >= 15 is 0 Å². The molecule has 0 saturated carbocycles. The zero-order valence-electron chi connectivity index (χ0n) is 16.9. The molecule has 9 nitrogen and oxygen atoms in total. The minimum Gasteiger partial charge on any atom is -0.476 e. The van der Waals surface area contributed by atoms with E-state index in [9.17, 15) is 4.79 Å². The van der Waals surface area contributed by atoms with E-state index in [1.165, 1.54) is 0 Å². The lowest BCUT2D eigenvalue weighted by molar-refractivity contribution is 0.0940. The summed E-state index contributed by atoms with van der Waals surface area (Å²) in [7, 11) is 3.66. The van der Waals surface area contributed by atoms with E-state index in [0.717, 1.165) is 39.0 Å². The number of nitrogens with one attached hydrogen (secondary N) is 2. The standard InChI is InChI=1S/C21H21N7O2/c1-12-14-5-7-18-15-10-13(4-6-17(15)24-25-18)16-11-23-28(3)21(16)30-9-8-22-20(29)19(14)26-27(12)2/h4-7,10-11H,8-9H2,1-3H3,(H,22,29)(H,24,25)/b7-5+. The molecule has 1 aromatic carbocycles. The maximum Gasteiger partial charge on any atom is 0.272 e. The Labute approximate surface area is 172 Å². The van der Waals surface area contributed by atoms with Gasteiger partial charge in [0, 0.05) is 30.7 Å². The molecule has 9 heteroatoms. The predicted molar refractivity (Wildman–Crippen MR) is 113 cm³/mol. The lowest BCUT2D eigenvalue weighted by Crippen LogP contribution is -2.29. The molecule has 0 unspecified atom stereocenters. The van der Waals surface area contributed by atoms with Crippen LogP contribution in [-0.4, -0.2) is 48.8 Å². The third-order valence-corrected chi connectivity index (χ3v) is 5.42. The molecule has 0 saturated heterocycles. The molecular formula is C21H21N7O2. The Bertz CT molecular complexity index is 1310. The monoisotopic (exact) mass is 403 g/mol. The van der Waals surface area contributed by atoms with Gasteiger partial charge < -0.3 is 10.1 Å². The molecule has 0 atom stereocenters. The number of rotatable bonds is 0. The zero-order valence-corrected chi connectivity index (χ0v) is 16.9. The van der Waals surface area contributed by atoms with Crippen molar-refractivity contribution in [2.24, 2.45) is 14.1 Å². The number of nitrogens with zero attached hydrogens (tertiary/aromatic N) is 5. The van der Waals surface area contributed by atoms with Gasteiger partial charge in [0.25, 0.3) is 5.91 Å². The maximum absolute atomic E-state index is 12.7. The number of hydrogen-bond donors (Lipinski definition) is 2. The number of carbonyl (C=O) groups is 1. The number of aromatic amines is 1. The smallest absolute Gasteiger partial charge is 0.272 e. The summed E-state index contributed by atoms with van der Waals surface area (Å²) in [6, 6.07) is 6.05. The van der Waals surface area contributed by atoms with Crippen LogP contribution in [0.15, 0.2) is 24.4 Å². The molecule has 4 heterocycles. The average Bonchev–Trinajstić information content (AvgIpc) is 3.39. The maximum atomic E-state index is 12.7. The summed E-state index contributed by atoms with van der Waals surface area (Å²) >= 11 is 0. The number of aryl methyl sites for hydroxylation is 2. The molecule has 2 bridgehead atoms. The minimum absolute atomic E-state index is 0.239. The number of aromatic nitrogens is 6. The quantitative estimate of drug-likeness (QED) is 0.469. The highest BCUT2D eigenvalue weighted by Crippen LogP contribution is 2.32. The fourth-order valence-electron chi connectivity index (χ4n) is 3.67. The van der Waals surface area contributed by atoms with Gasteiger partial charge in [-0.2, -0.15) is 15.3 Å². The van der Waals surface area contributed by atoms with Crippen LogP contribution in [0.2, 0.25) is 0 Å². The summed E-state index contributed by atoms with van der Waals surface area (Å²) in [5.74, 6) is 0.408. The first-order chi connectivity index (χ1) is 14.5. The van der Waals surface area contributed by atoms with Crippen molar-refractivity contribution in [3.05, 3.63) is 47.0 Å². The van der Waals surface area contributed by atoms with Crippen molar-refractivity contribution in [1.29, 1.82) is 0 Å². The molecule has 0 spiro atoms. The summed E-state index contributed by atoms with van der Waals surface area (Å²) in [4.78, 5) is 12.7. The number of amides is 1. The lowest BCUT2D eigenvalue weighted by atomic mass is 10.0. The molecule has 0 radical (unpaired) electrons. The highest BCUT2D eigenvalue weighted by molar-refractivity contribution is 5.98. The molecule has 0 aliphatic carbocycles. The van der Waals surface area contributed by atoms with Crippen LogP contribution in [-0.2, 0) is 14.1 Å². The van der Waals surface area contributed by atoms with Crippen LogP contribution < -0.4 is 10.1 Å². The Morgan fingerprint density at radius 2 is 2.03 bits per heavy atom. The summed E-state index contributed by atoms with van der Waals surface area (Å²) in [6.07, 6.45) is 5.62. The second kappa shape index (κ2) is 6.87. The molecule has 1 aliphatic rings. The second-order valence-electron chi connectivity index (χ2n) is 7.27. The van der Waals surface area contributed by atoms with Crippen LogP contribution in [0.5, 0.6) is 5.88 Å². The van der Waals surface area contributed by atoms with Crippen molar-refractivity contribution in [1.82, 2.24) is 35.1 Å². The Hall–Kier alpha value is -3.88. The number of H-pyrrole nitrogens is 1. The molecular weight excluding hydrogens is 382 g/mol. The van der Waals surface area contributed by atoms with Gasteiger partial charge in [-0.3, -0.25) is 14.6 Å². The summed E-state index contributed by atoms with van der Waals surface area (Å²) in [5, 5.41) is 20.1. The van der Waals surface area contributed by atoms with Crippen LogP contribution in [0.4, 0.5) is 0 Å². The topological polar surface area (TPSA) is 103 Å². The van der Waals surface area contributed by atoms with Gasteiger partial charge >= 0.3 is 0 Å². The van der Waals surface area contributed by atoms with Crippen molar-refractivity contribution in [3.8, 4) is 17.0 Å². The van der Waals surface area contributed by atoms with Gasteiger partial charge in [-0.1, -0.05) is 6.07 Å². The van der Waals surface area contributed by atoms with E-state index in [4.69, 9.17) is 4.74 Å². The van der Waals surface area contributed by atoms with Gasteiger partial charge in [0.15, 0.2) is 5.69 Å². The van der Waals surface area contributed by atoms with Gasteiger partial charge in [0.1, 0.15) is 6.61 Å². The summed E-state index contributed by atoms with van der Waals surface area (Å²) < 4.78 is 9.37. The van der Waals surface area contributed by atoms with Gasteiger partial charge in [-0.05, 0) is 36.8 Å². The van der Waals surface area contributed by atoms with E-state index in [1.807, 2.05) is 45.3 Å². The van der Waals surface area contributed by atoms with E-state index < -0.39 is 0 Å². The highest BCUT2D eigenvalue weighted by atomic mass is 16.5. The van der Waals surface area contributed by atoms with Crippen molar-refractivity contribution in [2.75, 3.05) is 13.2 Å². The molecule has 4 aromatic rings. The first kappa shape index (κ1) is 18.2. The molecule has 0 fully saturated rings. The van der Waals surface area contributed by atoms with Gasteiger partial charge in [-0.25, -0.2) is 4.68 Å². The number of hydrogen-bond acceptors (Lipinski definition) is 5. The van der Waals surface area contributed by atoms with E-state index in [-0.39, 0.29) is 5.91 Å². The van der Waals surface area contributed by atoms with Gasteiger partial charge in [0.05, 0.1) is 29.5 Å². The first-order valence-corrected chi connectivity index (χ1v) is 9.66. The van der Waals surface area contributed by atoms with Crippen molar-refractivity contribution < 1.29 is 9.53 Å². The number of ether oxygens (including phenoxy) is 1. The third-order valence-electron chi connectivity index (χ3n) is 5.42.